The normalized spacial score (nSPS) is 19.7. The van der Waals surface area contributed by atoms with Gasteiger partial charge in [-0.3, -0.25) is 0 Å². The van der Waals surface area contributed by atoms with Crippen LogP contribution in [0.1, 0.15) is 81.8 Å². The first-order chi connectivity index (χ1) is 10.3. The number of rotatable bonds is 3. The molecule has 1 aliphatic rings. The highest BCUT2D eigenvalue weighted by atomic mass is 14.9. The molecule has 0 unspecified atom stereocenters. The third-order valence-corrected chi connectivity index (χ3v) is 4.78. The molecule has 0 bridgehead atoms. The highest BCUT2D eigenvalue weighted by Crippen LogP contribution is 2.17. The molecule has 118 valence electrons. The summed E-state index contributed by atoms with van der Waals surface area (Å²) in [6, 6.07) is 9.63. The molecular formula is C20H33N. The predicted octanol–water partition coefficient (Wildman–Crippen LogP) is 5.76. The molecule has 1 nitrogen and oxygen atoms in total. The smallest absolute Gasteiger partial charge is 0.0208 e. The molecule has 1 saturated carbocycles. The molecule has 1 N–H and O–H groups in total. The van der Waals surface area contributed by atoms with Gasteiger partial charge >= 0.3 is 0 Å². The lowest BCUT2D eigenvalue weighted by Gasteiger charge is -2.20. The Balaban J connectivity index is 1.77. The lowest BCUT2D eigenvalue weighted by Crippen LogP contribution is -2.28. The van der Waals surface area contributed by atoms with Gasteiger partial charge in [-0.2, -0.15) is 0 Å². The van der Waals surface area contributed by atoms with Crippen LogP contribution in [0.25, 0.3) is 0 Å². The van der Waals surface area contributed by atoms with Crippen molar-refractivity contribution in [3.63, 3.8) is 0 Å². The molecule has 1 heteroatoms. The van der Waals surface area contributed by atoms with Crippen molar-refractivity contribution in [1.82, 2.24) is 5.32 Å². The van der Waals surface area contributed by atoms with Crippen molar-refractivity contribution in [2.24, 2.45) is 0 Å². The Morgan fingerprint density at radius 1 is 0.857 bits per heavy atom. The van der Waals surface area contributed by atoms with Crippen molar-refractivity contribution in [3.05, 3.63) is 35.4 Å². The van der Waals surface area contributed by atoms with Crippen LogP contribution >= 0.6 is 0 Å². The molecule has 1 aliphatic carbocycles. The molecule has 0 heterocycles. The number of benzene rings is 1. The van der Waals surface area contributed by atoms with E-state index >= 15 is 0 Å². The molecule has 1 fully saturated rings. The van der Waals surface area contributed by atoms with Crippen LogP contribution in [0.3, 0.4) is 0 Å². The van der Waals surface area contributed by atoms with Crippen molar-refractivity contribution in [2.75, 3.05) is 0 Å². The van der Waals surface area contributed by atoms with E-state index in [-0.39, 0.29) is 0 Å². The molecule has 0 saturated heterocycles. The fourth-order valence-corrected chi connectivity index (χ4v) is 3.45. The second kappa shape index (κ2) is 10.00. The first-order valence-corrected chi connectivity index (χ1v) is 9.13. The van der Waals surface area contributed by atoms with Crippen LogP contribution in [-0.4, -0.2) is 6.04 Å². The van der Waals surface area contributed by atoms with Crippen LogP contribution in [0.15, 0.2) is 24.3 Å². The van der Waals surface area contributed by atoms with Crippen molar-refractivity contribution >= 4 is 0 Å². The van der Waals surface area contributed by atoms with Gasteiger partial charge < -0.3 is 5.32 Å². The average Bonchev–Trinajstić information content (AvgIpc) is 2.47. The number of nitrogens with one attached hydrogen (secondary N) is 1. The molecular weight excluding hydrogens is 254 g/mol. The molecule has 0 amide bonds. The van der Waals surface area contributed by atoms with Crippen LogP contribution in [0.4, 0.5) is 0 Å². The van der Waals surface area contributed by atoms with Gasteiger partial charge in [0.05, 0.1) is 0 Å². The lowest BCUT2D eigenvalue weighted by atomic mass is 9.97. The van der Waals surface area contributed by atoms with E-state index in [1.807, 2.05) is 0 Å². The standard InChI is InChI=1S/C20H33N/c1-18-12-11-13-19(16-18)17-21-20-14-9-7-5-3-2-4-6-8-10-15-20/h11-13,16,20-21H,2-10,14-15,17H2,1H3. The maximum absolute atomic E-state index is 3.82. The van der Waals surface area contributed by atoms with Crippen molar-refractivity contribution < 1.29 is 0 Å². The molecule has 1 aromatic rings. The van der Waals surface area contributed by atoms with Gasteiger partial charge in [0, 0.05) is 12.6 Å². The van der Waals surface area contributed by atoms with Crippen LogP contribution in [-0.2, 0) is 6.54 Å². The summed E-state index contributed by atoms with van der Waals surface area (Å²) >= 11 is 0. The number of hydrogen-bond acceptors (Lipinski definition) is 1. The van der Waals surface area contributed by atoms with Crippen molar-refractivity contribution in [1.29, 1.82) is 0 Å². The first kappa shape index (κ1) is 16.5. The zero-order valence-electron chi connectivity index (χ0n) is 13.9. The molecule has 0 atom stereocenters. The molecule has 0 radical (unpaired) electrons. The van der Waals surface area contributed by atoms with Crippen LogP contribution in [0.2, 0.25) is 0 Å². The number of aryl methyl sites for hydroxylation is 1. The zero-order chi connectivity index (χ0) is 14.8. The summed E-state index contributed by atoms with van der Waals surface area (Å²) in [6.07, 6.45) is 15.7. The Labute approximate surface area is 131 Å². The average molecular weight is 287 g/mol. The quantitative estimate of drug-likeness (QED) is 0.745. The van der Waals surface area contributed by atoms with Gasteiger partial charge in [-0.1, -0.05) is 87.6 Å². The Morgan fingerprint density at radius 3 is 2.00 bits per heavy atom. The third kappa shape index (κ3) is 7.13. The summed E-state index contributed by atoms with van der Waals surface area (Å²) < 4.78 is 0. The maximum atomic E-state index is 3.82. The van der Waals surface area contributed by atoms with E-state index in [0.29, 0.717) is 0 Å². The topological polar surface area (TPSA) is 12.0 Å². The van der Waals surface area contributed by atoms with Crippen LogP contribution in [0, 0.1) is 6.92 Å². The van der Waals surface area contributed by atoms with E-state index in [0.717, 1.165) is 12.6 Å². The van der Waals surface area contributed by atoms with E-state index in [4.69, 9.17) is 0 Å². The fourth-order valence-electron chi connectivity index (χ4n) is 3.45. The highest BCUT2D eigenvalue weighted by molar-refractivity contribution is 5.22. The minimum atomic E-state index is 0.727. The molecule has 21 heavy (non-hydrogen) atoms. The second-order valence-corrected chi connectivity index (χ2v) is 6.83. The van der Waals surface area contributed by atoms with E-state index in [2.05, 4.69) is 36.5 Å². The predicted molar refractivity (Wildman–Crippen MR) is 92.6 cm³/mol. The first-order valence-electron chi connectivity index (χ1n) is 9.13. The summed E-state index contributed by atoms with van der Waals surface area (Å²) in [4.78, 5) is 0. The van der Waals surface area contributed by atoms with Gasteiger partial charge in [0.15, 0.2) is 0 Å². The van der Waals surface area contributed by atoms with E-state index < -0.39 is 0 Å². The van der Waals surface area contributed by atoms with E-state index in [1.165, 1.54) is 81.8 Å². The van der Waals surface area contributed by atoms with Gasteiger partial charge in [-0.05, 0) is 25.3 Å². The molecule has 1 aromatic carbocycles. The summed E-state index contributed by atoms with van der Waals surface area (Å²) in [5.41, 5.74) is 2.80. The highest BCUT2D eigenvalue weighted by Gasteiger charge is 2.09. The monoisotopic (exact) mass is 287 g/mol. The minimum Gasteiger partial charge on any atom is -0.310 e. The summed E-state index contributed by atoms with van der Waals surface area (Å²) in [7, 11) is 0. The van der Waals surface area contributed by atoms with E-state index in [1.54, 1.807) is 0 Å². The summed E-state index contributed by atoms with van der Waals surface area (Å²) in [6.45, 7) is 3.21. The van der Waals surface area contributed by atoms with Gasteiger partial charge in [0.2, 0.25) is 0 Å². The Kier molecular flexibility index (Phi) is 7.88. The minimum absolute atomic E-state index is 0.727. The lowest BCUT2D eigenvalue weighted by molar-refractivity contribution is 0.403. The third-order valence-electron chi connectivity index (χ3n) is 4.78. The van der Waals surface area contributed by atoms with E-state index in [9.17, 15) is 0 Å². The van der Waals surface area contributed by atoms with Gasteiger partial charge in [0.1, 0.15) is 0 Å². The molecule has 0 aromatic heterocycles. The van der Waals surface area contributed by atoms with Gasteiger partial charge in [-0.25, -0.2) is 0 Å². The van der Waals surface area contributed by atoms with Crippen LogP contribution in [0.5, 0.6) is 0 Å². The molecule has 0 aliphatic heterocycles. The van der Waals surface area contributed by atoms with Gasteiger partial charge in [-0.15, -0.1) is 0 Å². The molecule has 2 rings (SSSR count). The largest absolute Gasteiger partial charge is 0.310 e. The number of hydrogen-bond donors (Lipinski definition) is 1. The fraction of sp³-hybridized carbons (Fsp3) is 0.700. The zero-order valence-corrected chi connectivity index (χ0v) is 13.9. The van der Waals surface area contributed by atoms with Crippen LogP contribution < -0.4 is 5.32 Å². The Hall–Kier alpha value is -0.820. The van der Waals surface area contributed by atoms with Crippen molar-refractivity contribution in [2.45, 2.75) is 90.1 Å². The van der Waals surface area contributed by atoms with Crippen molar-refractivity contribution in [3.8, 4) is 0 Å². The Bertz CT molecular complexity index is 373. The summed E-state index contributed by atoms with van der Waals surface area (Å²) in [5, 5.41) is 3.82. The second-order valence-electron chi connectivity index (χ2n) is 6.83. The SMILES string of the molecule is Cc1cccc(CNC2CCCCCCCCCCC2)c1. The Morgan fingerprint density at radius 2 is 1.43 bits per heavy atom. The summed E-state index contributed by atoms with van der Waals surface area (Å²) in [5.74, 6) is 0. The molecule has 0 spiro atoms. The van der Waals surface area contributed by atoms with Gasteiger partial charge in [0.25, 0.3) is 0 Å². The maximum Gasteiger partial charge on any atom is 0.0208 e.